The van der Waals surface area contributed by atoms with Crippen molar-refractivity contribution in [3.63, 3.8) is 0 Å². The highest BCUT2D eigenvalue weighted by atomic mass is 79.9. The first-order chi connectivity index (χ1) is 10.9. The first-order valence-electron chi connectivity index (χ1n) is 7.26. The van der Waals surface area contributed by atoms with Crippen molar-refractivity contribution in [2.24, 2.45) is 0 Å². The van der Waals surface area contributed by atoms with E-state index in [0.29, 0.717) is 11.5 Å². The number of esters is 1. The highest BCUT2D eigenvalue weighted by molar-refractivity contribution is 9.11. The molecule has 0 N–H and O–H groups in total. The topological polar surface area (TPSA) is 35.5 Å². The van der Waals surface area contributed by atoms with Crippen molar-refractivity contribution in [1.82, 2.24) is 0 Å². The van der Waals surface area contributed by atoms with E-state index in [0.717, 1.165) is 20.1 Å². The molecule has 0 heterocycles. The minimum Gasteiger partial charge on any atom is -0.480 e. The SMILES string of the molecule is Cc1cc(Br)cc(Br)c1OCC(=O)Oc1ccccc1C(C)C. The summed E-state index contributed by atoms with van der Waals surface area (Å²) < 4.78 is 12.8. The molecule has 0 aromatic heterocycles. The van der Waals surface area contributed by atoms with Crippen LogP contribution in [0, 0.1) is 6.92 Å². The van der Waals surface area contributed by atoms with Gasteiger partial charge in [0.25, 0.3) is 0 Å². The molecule has 122 valence electrons. The molecule has 0 aliphatic rings. The number of hydrogen-bond donors (Lipinski definition) is 0. The molecule has 0 saturated carbocycles. The van der Waals surface area contributed by atoms with Crippen LogP contribution < -0.4 is 9.47 Å². The second kappa shape index (κ2) is 7.97. The Balaban J connectivity index is 2.04. The van der Waals surface area contributed by atoms with E-state index in [1.807, 2.05) is 37.3 Å². The molecular weight excluding hydrogens is 424 g/mol. The lowest BCUT2D eigenvalue weighted by Gasteiger charge is -2.14. The number of hydrogen-bond acceptors (Lipinski definition) is 3. The van der Waals surface area contributed by atoms with E-state index in [-0.39, 0.29) is 12.5 Å². The zero-order chi connectivity index (χ0) is 17.0. The monoisotopic (exact) mass is 440 g/mol. The number of rotatable bonds is 5. The Morgan fingerprint density at radius 2 is 1.87 bits per heavy atom. The smallest absolute Gasteiger partial charge is 0.349 e. The van der Waals surface area contributed by atoms with Gasteiger partial charge in [-0.15, -0.1) is 0 Å². The van der Waals surface area contributed by atoms with Gasteiger partial charge < -0.3 is 9.47 Å². The molecule has 0 atom stereocenters. The van der Waals surface area contributed by atoms with Gasteiger partial charge in [0.2, 0.25) is 0 Å². The molecular formula is C18H18Br2O3. The van der Waals surface area contributed by atoms with Crippen LogP contribution in [0.3, 0.4) is 0 Å². The summed E-state index contributed by atoms with van der Waals surface area (Å²) in [6.45, 7) is 5.90. The van der Waals surface area contributed by atoms with E-state index in [9.17, 15) is 4.79 Å². The fraction of sp³-hybridized carbons (Fsp3) is 0.278. The second-order valence-electron chi connectivity index (χ2n) is 5.49. The molecule has 0 aliphatic heterocycles. The van der Waals surface area contributed by atoms with Crippen LogP contribution in [0.25, 0.3) is 0 Å². The van der Waals surface area contributed by atoms with Gasteiger partial charge in [-0.25, -0.2) is 4.79 Å². The van der Waals surface area contributed by atoms with E-state index >= 15 is 0 Å². The van der Waals surface area contributed by atoms with Crippen molar-refractivity contribution in [3.8, 4) is 11.5 Å². The van der Waals surface area contributed by atoms with Gasteiger partial charge >= 0.3 is 5.97 Å². The van der Waals surface area contributed by atoms with E-state index in [2.05, 4.69) is 45.7 Å². The van der Waals surface area contributed by atoms with E-state index in [4.69, 9.17) is 9.47 Å². The zero-order valence-corrected chi connectivity index (χ0v) is 16.4. The summed E-state index contributed by atoms with van der Waals surface area (Å²) in [5, 5.41) is 0. The van der Waals surface area contributed by atoms with Crippen molar-refractivity contribution in [2.45, 2.75) is 26.7 Å². The van der Waals surface area contributed by atoms with Crippen LogP contribution in [0.5, 0.6) is 11.5 Å². The molecule has 0 radical (unpaired) electrons. The third-order valence-corrected chi connectivity index (χ3v) is 4.34. The van der Waals surface area contributed by atoms with Gasteiger partial charge in [-0.05, 0) is 58.1 Å². The molecule has 2 aromatic carbocycles. The summed E-state index contributed by atoms with van der Waals surface area (Å²) in [7, 11) is 0. The molecule has 2 rings (SSSR count). The Bertz CT molecular complexity index is 688. The maximum Gasteiger partial charge on any atom is 0.349 e. The highest BCUT2D eigenvalue weighted by Crippen LogP contribution is 2.32. The number of carbonyl (C=O) groups is 1. The first-order valence-corrected chi connectivity index (χ1v) is 8.85. The summed E-state index contributed by atoms with van der Waals surface area (Å²) >= 11 is 6.85. The van der Waals surface area contributed by atoms with Crippen LogP contribution in [0.15, 0.2) is 45.3 Å². The molecule has 23 heavy (non-hydrogen) atoms. The maximum atomic E-state index is 12.1. The molecule has 0 bridgehead atoms. The predicted octanol–water partition coefficient (Wildman–Crippen LogP) is 5.63. The van der Waals surface area contributed by atoms with Gasteiger partial charge in [0, 0.05) is 4.47 Å². The average Bonchev–Trinajstić information content (AvgIpc) is 2.46. The molecule has 0 unspecified atom stereocenters. The summed E-state index contributed by atoms with van der Waals surface area (Å²) in [5.74, 6) is 1.08. The largest absolute Gasteiger partial charge is 0.480 e. The second-order valence-corrected chi connectivity index (χ2v) is 7.26. The van der Waals surface area contributed by atoms with Gasteiger partial charge in [-0.2, -0.15) is 0 Å². The number of ether oxygens (including phenoxy) is 2. The maximum absolute atomic E-state index is 12.1. The fourth-order valence-electron chi connectivity index (χ4n) is 2.21. The quantitative estimate of drug-likeness (QED) is 0.445. The summed E-state index contributed by atoms with van der Waals surface area (Å²) in [4.78, 5) is 12.1. The Labute approximate surface area is 153 Å². The van der Waals surface area contributed by atoms with Crippen molar-refractivity contribution in [2.75, 3.05) is 6.61 Å². The minimum absolute atomic E-state index is 0.145. The van der Waals surface area contributed by atoms with Crippen molar-refractivity contribution in [1.29, 1.82) is 0 Å². The lowest BCUT2D eigenvalue weighted by molar-refractivity contribution is -0.136. The standard InChI is InChI=1S/C18H18Br2O3/c1-11(2)14-6-4-5-7-16(14)23-17(21)10-22-18-12(3)8-13(19)9-15(18)20/h4-9,11H,10H2,1-3H3. The minimum atomic E-state index is -0.424. The van der Waals surface area contributed by atoms with Gasteiger partial charge in [0.05, 0.1) is 4.47 Å². The van der Waals surface area contributed by atoms with Crippen molar-refractivity contribution >= 4 is 37.8 Å². The van der Waals surface area contributed by atoms with Crippen LogP contribution in [-0.4, -0.2) is 12.6 Å². The van der Waals surface area contributed by atoms with Crippen LogP contribution in [0.1, 0.15) is 30.9 Å². The molecule has 0 amide bonds. The molecule has 5 heteroatoms. The highest BCUT2D eigenvalue weighted by Gasteiger charge is 2.14. The zero-order valence-electron chi connectivity index (χ0n) is 13.2. The average molecular weight is 442 g/mol. The molecule has 2 aromatic rings. The fourth-order valence-corrected chi connectivity index (χ4v) is 3.76. The third-order valence-electron chi connectivity index (χ3n) is 3.29. The Hall–Kier alpha value is -1.33. The number of carbonyl (C=O) groups excluding carboxylic acids is 1. The van der Waals surface area contributed by atoms with Gasteiger partial charge in [0.15, 0.2) is 6.61 Å². The molecule has 0 spiro atoms. The summed E-state index contributed by atoms with van der Waals surface area (Å²) in [5.41, 5.74) is 1.93. The van der Waals surface area contributed by atoms with Gasteiger partial charge in [0.1, 0.15) is 11.5 Å². The summed E-state index contributed by atoms with van der Waals surface area (Å²) in [6.07, 6.45) is 0. The Morgan fingerprint density at radius 1 is 1.17 bits per heavy atom. The third kappa shape index (κ3) is 4.82. The Morgan fingerprint density at radius 3 is 2.52 bits per heavy atom. The van der Waals surface area contributed by atoms with Crippen molar-refractivity contribution in [3.05, 3.63) is 56.5 Å². The predicted molar refractivity (Wildman–Crippen MR) is 98.2 cm³/mol. The molecule has 0 aliphatic carbocycles. The number of para-hydroxylation sites is 1. The van der Waals surface area contributed by atoms with E-state index in [1.165, 1.54) is 0 Å². The van der Waals surface area contributed by atoms with E-state index in [1.54, 1.807) is 6.07 Å². The van der Waals surface area contributed by atoms with Crippen LogP contribution in [0.4, 0.5) is 0 Å². The van der Waals surface area contributed by atoms with Crippen LogP contribution >= 0.6 is 31.9 Å². The molecule has 3 nitrogen and oxygen atoms in total. The lowest BCUT2D eigenvalue weighted by atomic mass is 10.0. The Kier molecular flexibility index (Phi) is 6.25. The van der Waals surface area contributed by atoms with Gasteiger partial charge in [-0.3, -0.25) is 0 Å². The van der Waals surface area contributed by atoms with Crippen LogP contribution in [0.2, 0.25) is 0 Å². The van der Waals surface area contributed by atoms with Gasteiger partial charge in [-0.1, -0.05) is 48.0 Å². The number of halogens is 2. The number of benzene rings is 2. The molecule has 0 saturated heterocycles. The van der Waals surface area contributed by atoms with Crippen LogP contribution in [-0.2, 0) is 4.79 Å². The number of aryl methyl sites for hydroxylation is 1. The lowest BCUT2D eigenvalue weighted by Crippen LogP contribution is -2.19. The van der Waals surface area contributed by atoms with E-state index < -0.39 is 5.97 Å². The molecule has 0 fully saturated rings. The van der Waals surface area contributed by atoms with Crippen molar-refractivity contribution < 1.29 is 14.3 Å². The summed E-state index contributed by atoms with van der Waals surface area (Å²) in [6, 6.07) is 11.4. The first kappa shape index (κ1) is 18.0. The normalized spacial score (nSPS) is 10.7.